The third kappa shape index (κ3) is 4.07. The van der Waals surface area contributed by atoms with Crippen molar-refractivity contribution in [1.29, 1.82) is 0 Å². The minimum absolute atomic E-state index is 0.151. The standard InChI is InChI=1S/C12H15ClN2O2/c1-8-5-3-4-6-10(8)15-12(17)9(2)14-11(16)7-13/h3-6,9H,7H2,1-2H3,(H,14,16)(H,15,17). The molecule has 0 fully saturated rings. The molecule has 0 saturated carbocycles. The van der Waals surface area contributed by atoms with Crippen LogP contribution in [0.4, 0.5) is 5.69 Å². The molecular weight excluding hydrogens is 240 g/mol. The first-order valence-electron chi connectivity index (χ1n) is 5.26. The number of nitrogens with one attached hydrogen (secondary N) is 2. The Hall–Kier alpha value is -1.55. The first-order chi connectivity index (χ1) is 8.04. The van der Waals surface area contributed by atoms with Crippen LogP contribution in [0.3, 0.4) is 0 Å². The van der Waals surface area contributed by atoms with Crippen molar-refractivity contribution in [3.05, 3.63) is 29.8 Å². The predicted molar refractivity (Wildman–Crippen MR) is 68.1 cm³/mol. The number of carbonyl (C=O) groups is 2. The van der Waals surface area contributed by atoms with Crippen LogP contribution in [0.2, 0.25) is 0 Å². The fraction of sp³-hybridized carbons (Fsp3) is 0.333. The van der Waals surface area contributed by atoms with Gasteiger partial charge in [0.25, 0.3) is 0 Å². The van der Waals surface area contributed by atoms with E-state index in [1.54, 1.807) is 6.92 Å². The lowest BCUT2D eigenvalue weighted by molar-refractivity contribution is -0.124. The van der Waals surface area contributed by atoms with Gasteiger partial charge in [0.1, 0.15) is 11.9 Å². The molecule has 1 atom stereocenters. The zero-order valence-electron chi connectivity index (χ0n) is 9.79. The van der Waals surface area contributed by atoms with Gasteiger partial charge in [0.05, 0.1) is 0 Å². The van der Waals surface area contributed by atoms with E-state index in [2.05, 4.69) is 10.6 Å². The monoisotopic (exact) mass is 254 g/mol. The molecule has 4 nitrogen and oxygen atoms in total. The van der Waals surface area contributed by atoms with Crippen molar-refractivity contribution >= 4 is 29.1 Å². The first-order valence-corrected chi connectivity index (χ1v) is 5.80. The maximum Gasteiger partial charge on any atom is 0.246 e. The molecule has 17 heavy (non-hydrogen) atoms. The van der Waals surface area contributed by atoms with Crippen molar-refractivity contribution in [2.45, 2.75) is 19.9 Å². The second-order valence-corrected chi connectivity index (χ2v) is 3.99. The van der Waals surface area contributed by atoms with Gasteiger partial charge in [0.2, 0.25) is 11.8 Å². The van der Waals surface area contributed by atoms with Crippen molar-refractivity contribution in [2.75, 3.05) is 11.2 Å². The molecule has 1 aromatic carbocycles. The molecule has 2 amide bonds. The van der Waals surface area contributed by atoms with Gasteiger partial charge in [0.15, 0.2) is 0 Å². The zero-order chi connectivity index (χ0) is 12.8. The number of halogens is 1. The number of amides is 2. The quantitative estimate of drug-likeness (QED) is 0.803. The van der Waals surface area contributed by atoms with Crippen LogP contribution in [-0.4, -0.2) is 23.7 Å². The number of para-hydroxylation sites is 1. The van der Waals surface area contributed by atoms with E-state index in [1.165, 1.54) is 0 Å². The van der Waals surface area contributed by atoms with Crippen LogP contribution in [0.25, 0.3) is 0 Å². The zero-order valence-corrected chi connectivity index (χ0v) is 10.5. The van der Waals surface area contributed by atoms with Crippen LogP contribution >= 0.6 is 11.6 Å². The van der Waals surface area contributed by atoms with Crippen LogP contribution in [0.1, 0.15) is 12.5 Å². The molecule has 2 N–H and O–H groups in total. The molecule has 1 aromatic rings. The Kier molecular flexibility index (Phi) is 4.97. The van der Waals surface area contributed by atoms with Gasteiger partial charge in [0, 0.05) is 5.69 Å². The molecule has 0 bridgehead atoms. The Morgan fingerprint density at radius 1 is 1.35 bits per heavy atom. The number of carbonyl (C=O) groups excluding carboxylic acids is 2. The Morgan fingerprint density at radius 3 is 2.59 bits per heavy atom. The van der Waals surface area contributed by atoms with Gasteiger partial charge in [-0.25, -0.2) is 0 Å². The molecule has 0 radical (unpaired) electrons. The van der Waals surface area contributed by atoms with Gasteiger partial charge >= 0.3 is 0 Å². The maximum absolute atomic E-state index is 11.7. The fourth-order valence-electron chi connectivity index (χ4n) is 1.30. The van der Waals surface area contributed by atoms with E-state index in [0.29, 0.717) is 0 Å². The van der Waals surface area contributed by atoms with E-state index in [4.69, 9.17) is 11.6 Å². The normalized spacial score (nSPS) is 11.7. The molecule has 0 saturated heterocycles. The number of aryl methyl sites for hydroxylation is 1. The van der Waals surface area contributed by atoms with E-state index in [9.17, 15) is 9.59 Å². The number of benzene rings is 1. The highest BCUT2D eigenvalue weighted by Crippen LogP contribution is 2.13. The molecule has 5 heteroatoms. The van der Waals surface area contributed by atoms with E-state index in [1.807, 2.05) is 31.2 Å². The summed E-state index contributed by atoms with van der Waals surface area (Å²) >= 11 is 5.34. The van der Waals surface area contributed by atoms with Crippen molar-refractivity contribution < 1.29 is 9.59 Å². The number of hydrogen-bond donors (Lipinski definition) is 2. The van der Waals surface area contributed by atoms with Gasteiger partial charge in [-0.2, -0.15) is 0 Å². The van der Waals surface area contributed by atoms with Gasteiger partial charge in [-0.15, -0.1) is 11.6 Å². The van der Waals surface area contributed by atoms with Crippen LogP contribution < -0.4 is 10.6 Å². The second-order valence-electron chi connectivity index (χ2n) is 3.73. The van der Waals surface area contributed by atoms with Crippen molar-refractivity contribution in [3.8, 4) is 0 Å². The average molecular weight is 255 g/mol. The van der Waals surface area contributed by atoms with Gasteiger partial charge in [-0.1, -0.05) is 18.2 Å². The number of alkyl halides is 1. The molecule has 92 valence electrons. The van der Waals surface area contributed by atoms with Crippen LogP contribution in [0.15, 0.2) is 24.3 Å². The highest BCUT2D eigenvalue weighted by molar-refractivity contribution is 6.27. The number of rotatable bonds is 4. The molecular formula is C12H15ClN2O2. The molecule has 1 rings (SSSR count). The summed E-state index contributed by atoms with van der Waals surface area (Å²) in [4.78, 5) is 22.8. The summed E-state index contributed by atoms with van der Waals surface area (Å²) in [5, 5.41) is 5.23. The summed E-state index contributed by atoms with van der Waals surface area (Å²) in [5.41, 5.74) is 1.71. The molecule has 0 aliphatic carbocycles. The molecule has 0 heterocycles. The largest absolute Gasteiger partial charge is 0.344 e. The molecule has 0 spiro atoms. The van der Waals surface area contributed by atoms with Crippen LogP contribution in [0.5, 0.6) is 0 Å². The SMILES string of the molecule is Cc1ccccc1NC(=O)C(C)NC(=O)CCl. The minimum Gasteiger partial charge on any atom is -0.344 e. The van der Waals surface area contributed by atoms with Gasteiger partial charge in [-0.05, 0) is 25.5 Å². The highest BCUT2D eigenvalue weighted by Gasteiger charge is 2.15. The summed E-state index contributed by atoms with van der Waals surface area (Å²) in [7, 11) is 0. The summed E-state index contributed by atoms with van der Waals surface area (Å²) in [6.45, 7) is 3.51. The van der Waals surface area contributed by atoms with Gasteiger partial charge < -0.3 is 10.6 Å². The fourth-order valence-corrected chi connectivity index (χ4v) is 1.38. The lowest BCUT2D eigenvalue weighted by atomic mass is 10.2. The van der Waals surface area contributed by atoms with Crippen molar-refractivity contribution in [3.63, 3.8) is 0 Å². The smallest absolute Gasteiger partial charge is 0.246 e. The summed E-state index contributed by atoms with van der Waals surface area (Å²) < 4.78 is 0. The van der Waals surface area contributed by atoms with Gasteiger partial charge in [-0.3, -0.25) is 9.59 Å². The van der Waals surface area contributed by atoms with Crippen LogP contribution in [-0.2, 0) is 9.59 Å². The van der Waals surface area contributed by atoms with E-state index >= 15 is 0 Å². The van der Waals surface area contributed by atoms with E-state index in [-0.39, 0.29) is 17.7 Å². The number of hydrogen-bond acceptors (Lipinski definition) is 2. The molecule has 0 aliphatic rings. The van der Waals surface area contributed by atoms with E-state index in [0.717, 1.165) is 11.3 Å². The van der Waals surface area contributed by atoms with Crippen LogP contribution in [0, 0.1) is 6.92 Å². The van der Waals surface area contributed by atoms with Crippen molar-refractivity contribution in [1.82, 2.24) is 5.32 Å². The van der Waals surface area contributed by atoms with Crippen molar-refractivity contribution in [2.24, 2.45) is 0 Å². The Morgan fingerprint density at radius 2 is 2.00 bits per heavy atom. The summed E-state index contributed by atoms with van der Waals surface area (Å²) in [5.74, 6) is -0.779. The Labute approximate surface area is 105 Å². The maximum atomic E-state index is 11.7. The minimum atomic E-state index is -0.610. The molecule has 0 aromatic heterocycles. The average Bonchev–Trinajstić information content (AvgIpc) is 2.31. The third-order valence-corrected chi connectivity index (χ3v) is 2.54. The number of anilines is 1. The first kappa shape index (κ1) is 13.5. The summed E-state index contributed by atoms with van der Waals surface area (Å²) in [6.07, 6.45) is 0. The lowest BCUT2D eigenvalue weighted by Crippen LogP contribution is -2.42. The molecule has 0 aliphatic heterocycles. The topological polar surface area (TPSA) is 58.2 Å². The Balaban J connectivity index is 2.60. The van der Waals surface area contributed by atoms with E-state index < -0.39 is 6.04 Å². The second kappa shape index (κ2) is 6.25. The molecule has 1 unspecified atom stereocenters. The Bertz CT molecular complexity index is 421. The summed E-state index contributed by atoms with van der Waals surface area (Å²) in [6, 6.07) is 6.83. The third-order valence-electron chi connectivity index (χ3n) is 2.30. The lowest BCUT2D eigenvalue weighted by Gasteiger charge is -2.14. The highest BCUT2D eigenvalue weighted by atomic mass is 35.5. The predicted octanol–water partition coefficient (Wildman–Crippen LogP) is 1.68.